The standard InChI is InChI=1S/C24H47N2/c1-3-5-6-7-8-9-10-11-12-13-14-15-16-17-18-19-21-26-23-22-25(24-26)20-4-2/h22-24H,3-21H2,1-2H3/q+1. The molecule has 0 aromatic carbocycles. The van der Waals surface area contributed by atoms with Crippen LogP contribution in [0.5, 0.6) is 0 Å². The Kier molecular flexibility index (Phi) is 15.8. The average Bonchev–Trinajstić information content (AvgIpc) is 3.09. The van der Waals surface area contributed by atoms with E-state index in [1.807, 2.05) is 0 Å². The van der Waals surface area contributed by atoms with Crippen LogP contribution in [-0.4, -0.2) is 4.57 Å². The topological polar surface area (TPSA) is 8.81 Å². The number of aryl methyl sites for hydroxylation is 2. The molecule has 0 amide bonds. The van der Waals surface area contributed by atoms with Crippen molar-refractivity contribution in [2.24, 2.45) is 0 Å². The number of unbranched alkanes of at least 4 members (excludes halogenated alkanes) is 15. The van der Waals surface area contributed by atoms with Gasteiger partial charge >= 0.3 is 0 Å². The van der Waals surface area contributed by atoms with Crippen molar-refractivity contribution >= 4 is 0 Å². The Bertz CT molecular complexity index is 397. The van der Waals surface area contributed by atoms with Gasteiger partial charge in [0.1, 0.15) is 12.4 Å². The molecule has 0 aliphatic carbocycles. The fourth-order valence-electron chi connectivity index (χ4n) is 3.80. The van der Waals surface area contributed by atoms with Gasteiger partial charge in [-0.1, -0.05) is 104 Å². The van der Waals surface area contributed by atoms with E-state index in [4.69, 9.17) is 0 Å². The Morgan fingerprint density at radius 1 is 0.577 bits per heavy atom. The fourth-order valence-corrected chi connectivity index (χ4v) is 3.80. The first-order valence-electron chi connectivity index (χ1n) is 11.9. The van der Waals surface area contributed by atoms with Gasteiger partial charge in [0.25, 0.3) is 0 Å². The predicted octanol–water partition coefficient (Wildman–Crippen LogP) is 7.45. The summed E-state index contributed by atoms with van der Waals surface area (Å²) in [5.41, 5.74) is 0. The molecule has 2 nitrogen and oxygen atoms in total. The number of imidazole rings is 1. The average molecular weight is 364 g/mol. The van der Waals surface area contributed by atoms with Crippen molar-refractivity contribution in [2.75, 3.05) is 0 Å². The van der Waals surface area contributed by atoms with Gasteiger partial charge in [-0.25, -0.2) is 9.13 Å². The molecule has 152 valence electrons. The van der Waals surface area contributed by atoms with Crippen molar-refractivity contribution in [1.29, 1.82) is 0 Å². The van der Waals surface area contributed by atoms with Gasteiger partial charge < -0.3 is 0 Å². The van der Waals surface area contributed by atoms with Crippen LogP contribution < -0.4 is 4.57 Å². The molecule has 26 heavy (non-hydrogen) atoms. The van der Waals surface area contributed by atoms with Gasteiger partial charge in [0.05, 0.1) is 13.1 Å². The molecule has 0 aliphatic heterocycles. The number of aromatic nitrogens is 2. The van der Waals surface area contributed by atoms with Gasteiger partial charge in [-0.2, -0.15) is 0 Å². The van der Waals surface area contributed by atoms with E-state index in [1.54, 1.807) is 0 Å². The zero-order valence-electron chi connectivity index (χ0n) is 18.1. The van der Waals surface area contributed by atoms with Crippen LogP contribution in [0, 0.1) is 0 Å². The second-order valence-electron chi connectivity index (χ2n) is 8.19. The molecule has 0 radical (unpaired) electrons. The second-order valence-corrected chi connectivity index (χ2v) is 8.19. The maximum absolute atomic E-state index is 2.35. The van der Waals surface area contributed by atoms with Crippen molar-refractivity contribution in [3.05, 3.63) is 18.7 Å². The third kappa shape index (κ3) is 13.4. The minimum atomic E-state index is 1.14. The summed E-state index contributed by atoms with van der Waals surface area (Å²) < 4.78 is 4.64. The summed E-state index contributed by atoms with van der Waals surface area (Å²) in [7, 11) is 0. The Labute approximate surface area is 164 Å². The summed E-state index contributed by atoms with van der Waals surface area (Å²) in [4.78, 5) is 0. The highest BCUT2D eigenvalue weighted by Gasteiger charge is 2.02. The molecule has 1 rings (SSSR count). The van der Waals surface area contributed by atoms with E-state index in [1.165, 1.54) is 116 Å². The van der Waals surface area contributed by atoms with Gasteiger partial charge in [0, 0.05) is 0 Å². The molecule has 2 heteroatoms. The van der Waals surface area contributed by atoms with E-state index in [9.17, 15) is 0 Å². The lowest BCUT2D eigenvalue weighted by Gasteiger charge is -2.03. The van der Waals surface area contributed by atoms with E-state index in [2.05, 4.69) is 41.7 Å². The van der Waals surface area contributed by atoms with Gasteiger partial charge in [-0.15, -0.1) is 0 Å². The van der Waals surface area contributed by atoms with E-state index in [0.717, 1.165) is 6.54 Å². The van der Waals surface area contributed by atoms with Gasteiger partial charge in [0.2, 0.25) is 6.33 Å². The van der Waals surface area contributed by atoms with Crippen LogP contribution in [0.1, 0.15) is 123 Å². The molecule has 0 fully saturated rings. The largest absolute Gasteiger partial charge is 0.243 e. The lowest BCUT2D eigenvalue weighted by Crippen LogP contribution is -2.30. The normalized spacial score (nSPS) is 11.3. The van der Waals surface area contributed by atoms with Crippen LogP contribution in [0.15, 0.2) is 18.7 Å². The zero-order valence-corrected chi connectivity index (χ0v) is 18.1. The smallest absolute Gasteiger partial charge is 0.237 e. The van der Waals surface area contributed by atoms with Crippen LogP contribution in [0.25, 0.3) is 0 Å². The molecular weight excluding hydrogens is 316 g/mol. The molecular formula is C24H47N2+. The molecule has 1 aromatic rings. The van der Waals surface area contributed by atoms with Gasteiger partial charge in [0.15, 0.2) is 0 Å². The highest BCUT2D eigenvalue weighted by Crippen LogP contribution is 2.13. The highest BCUT2D eigenvalue weighted by atomic mass is 15.1. The van der Waals surface area contributed by atoms with Gasteiger partial charge in [-0.3, -0.25) is 0 Å². The zero-order chi connectivity index (χ0) is 18.7. The van der Waals surface area contributed by atoms with Crippen LogP contribution in [-0.2, 0) is 13.1 Å². The van der Waals surface area contributed by atoms with E-state index < -0.39 is 0 Å². The van der Waals surface area contributed by atoms with Crippen molar-refractivity contribution in [1.82, 2.24) is 4.57 Å². The predicted molar refractivity (Wildman–Crippen MR) is 114 cm³/mol. The molecule has 1 heterocycles. The maximum atomic E-state index is 2.35. The summed E-state index contributed by atoms with van der Waals surface area (Å²) in [6.07, 6.45) is 31.0. The highest BCUT2D eigenvalue weighted by molar-refractivity contribution is 4.66. The molecule has 0 unspecified atom stereocenters. The summed E-state index contributed by atoms with van der Waals surface area (Å²) >= 11 is 0. The summed E-state index contributed by atoms with van der Waals surface area (Å²) in [6.45, 7) is 6.87. The minimum absolute atomic E-state index is 1.14. The van der Waals surface area contributed by atoms with Crippen LogP contribution in [0.4, 0.5) is 0 Å². The fraction of sp³-hybridized carbons (Fsp3) is 0.875. The molecule has 0 atom stereocenters. The molecule has 0 saturated heterocycles. The molecule has 0 aliphatic rings. The van der Waals surface area contributed by atoms with E-state index in [-0.39, 0.29) is 0 Å². The lowest BCUT2D eigenvalue weighted by molar-refractivity contribution is -0.696. The van der Waals surface area contributed by atoms with Crippen molar-refractivity contribution in [2.45, 2.75) is 136 Å². The van der Waals surface area contributed by atoms with Crippen molar-refractivity contribution in [3.63, 3.8) is 0 Å². The molecule has 0 N–H and O–H groups in total. The third-order valence-corrected chi connectivity index (χ3v) is 5.50. The summed E-state index contributed by atoms with van der Waals surface area (Å²) in [6, 6.07) is 0. The second kappa shape index (κ2) is 17.6. The van der Waals surface area contributed by atoms with Crippen LogP contribution >= 0.6 is 0 Å². The number of hydrogen-bond donors (Lipinski definition) is 0. The quantitative estimate of drug-likeness (QED) is 0.178. The van der Waals surface area contributed by atoms with Gasteiger partial charge in [-0.05, 0) is 19.3 Å². The third-order valence-electron chi connectivity index (χ3n) is 5.50. The van der Waals surface area contributed by atoms with Crippen molar-refractivity contribution < 1.29 is 4.57 Å². The molecule has 1 aromatic heterocycles. The monoisotopic (exact) mass is 363 g/mol. The Morgan fingerprint density at radius 2 is 1.04 bits per heavy atom. The first kappa shape index (κ1) is 23.2. The SMILES string of the molecule is CCCCCCCCCCCCCCCCCCn1cc[n+](CCC)c1. The lowest BCUT2D eigenvalue weighted by atomic mass is 10.0. The number of hydrogen-bond acceptors (Lipinski definition) is 0. The Hall–Kier alpha value is -0.790. The maximum Gasteiger partial charge on any atom is 0.243 e. The molecule has 0 saturated carbocycles. The van der Waals surface area contributed by atoms with Crippen molar-refractivity contribution in [3.8, 4) is 0 Å². The molecule has 0 bridgehead atoms. The minimum Gasteiger partial charge on any atom is -0.237 e. The van der Waals surface area contributed by atoms with E-state index in [0.29, 0.717) is 0 Å². The Balaban J connectivity index is 1.75. The Morgan fingerprint density at radius 3 is 1.50 bits per heavy atom. The summed E-state index contributed by atoms with van der Waals surface area (Å²) in [5, 5.41) is 0. The van der Waals surface area contributed by atoms with Crippen LogP contribution in [0.2, 0.25) is 0 Å². The molecule has 0 spiro atoms. The first-order valence-corrected chi connectivity index (χ1v) is 11.9. The number of nitrogens with zero attached hydrogens (tertiary/aromatic N) is 2. The van der Waals surface area contributed by atoms with E-state index >= 15 is 0 Å². The first-order chi connectivity index (χ1) is 12.9. The van der Waals surface area contributed by atoms with Crippen LogP contribution in [0.3, 0.4) is 0 Å². The number of rotatable bonds is 19. The summed E-state index contributed by atoms with van der Waals surface area (Å²) in [5.74, 6) is 0.